The Balaban J connectivity index is 2.02. The van der Waals surface area contributed by atoms with Crippen LogP contribution in [0.5, 0.6) is 5.75 Å². The van der Waals surface area contributed by atoms with Crippen molar-refractivity contribution in [3.05, 3.63) is 48.8 Å². The number of ether oxygens (including phenoxy) is 2. The third-order valence-electron chi connectivity index (χ3n) is 3.92. The van der Waals surface area contributed by atoms with Gasteiger partial charge in [0, 0.05) is 36.3 Å². The molecule has 2 N–H and O–H groups in total. The molecule has 0 aliphatic carbocycles. The highest BCUT2D eigenvalue weighted by Crippen LogP contribution is 2.33. The van der Waals surface area contributed by atoms with Crippen LogP contribution in [0.25, 0.3) is 16.9 Å². The first kappa shape index (κ1) is 19.2. The van der Waals surface area contributed by atoms with Gasteiger partial charge in [0.1, 0.15) is 23.2 Å². The standard InChI is InChI=1S/C21H27N3O3/c1-5-26-14-20(25)23-17-13-15(27-21(2,3)4)9-10-16(17)18-7-6-8-19-22-11-12-24(18)19/h6-13,20,23,25H,5,14H2,1-4H3. The maximum Gasteiger partial charge on any atom is 0.148 e. The summed E-state index contributed by atoms with van der Waals surface area (Å²) in [4.78, 5) is 4.35. The summed E-state index contributed by atoms with van der Waals surface area (Å²) in [7, 11) is 0. The van der Waals surface area contributed by atoms with E-state index in [2.05, 4.69) is 10.3 Å². The first-order valence-corrected chi connectivity index (χ1v) is 9.15. The second-order valence-electron chi connectivity index (χ2n) is 7.31. The van der Waals surface area contributed by atoms with Gasteiger partial charge in [0.25, 0.3) is 0 Å². The number of anilines is 1. The smallest absolute Gasteiger partial charge is 0.148 e. The summed E-state index contributed by atoms with van der Waals surface area (Å²) in [6, 6.07) is 11.8. The number of hydrogen-bond acceptors (Lipinski definition) is 5. The molecule has 1 aromatic carbocycles. The topological polar surface area (TPSA) is 68.0 Å². The van der Waals surface area contributed by atoms with E-state index in [4.69, 9.17) is 9.47 Å². The Morgan fingerprint density at radius 2 is 2.04 bits per heavy atom. The molecule has 0 bridgehead atoms. The second-order valence-corrected chi connectivity index (χ2v) is 7.31. The zero-order chi connectivity index (χ0) is 19.4. The molecule has 144 valence electrons. The molecule has 0 amide bonds. The molecule has 0 aliphatic rings. The number of rotatable bonds is 7. The monoisotopic (exact) mass is 369 g/mol. The quantitative estimate of drug-likeness (QED) is 0.617. The first-order chi connectivity index (χ1) is 12.9. The lowest BCUT2D eigenvalue weighted by Gasteiger charge is -2.23. The van der Waals surface area contributed by atoms with Gasteiger partial charge in [0.05, 0.1) is 12.3 Å². The van der Waals surface area contributed by atoms with Gasteiger partial charge in [0.15, 0.2) is 0 Å². The van der Waals surface area contributed by atoms with Gasteiger partial charge in [0.2, 0.25) is 0 Å². The Kier molecular flexibility index (Phi) is 5.68. The zero-order valence-electron chi connectivity index (χ0n) is 16.3. The van der Waals surface area contributed by atoms with Crippen molar-refractivity contribution >= 4 is 11.3 Å². The fourth-order valence-electron chi connectivity index (χ4n) is 2.90. The number of imidazole rings is 1. The lowest BCUT2D eigenvalue weighted by atomic mass is 10.1. The molecule has 0 radical (unpaired) electrons. The normalized spacial score (nSPS) is 12.9. The van der Waals surface area contributed by atoms with Gasteiger partial charge in [-0.25, -0.2) is 4.98 Å². The predicted octanol–water partition coefficient (Wildman–Crippen LogP) is 3.95. The van der Waals surface area contributed by atoms with Crippen LogP contribution in [-0.2, 0) is 4.74 Å². The predicted molar refractivity (Wildman–Crippen MR) is 107 cm³/mol. The van der Waals surface area contributed by atoms with Crippen molar-refractivity contribution in [2.45, 2.75) is 39.5 Å². The number of aliphatic hydroxyl groups is 1. The Morgan fingerprint density at radius 3 is 2.78 bits per heavy atom. The van der Waals surface area contributed by atoms with Crippen molar-refractivity contribution in [3.8, 4) is 17.0 Å². The molecule has 6 nitrogen and oxygen atoms in total. The Hall–Kier alpha value is -2.57. The summed E-state index contributed by atoms with van der Waals surface area (Å²) in [5, 5.41) is 13.4. The first-order valence-electron chi connectivity index (χ1n) is 9.15. The molecule has 0 aliphatic heterocycles. The van der Waals surface area contributed by atoms with Gasteiger partial charge in [-0.15, -0.1) is 0 Å². The van der Waals surface area contributed by atoms with Gasteiger partial charge >= 0.3 is 0 Å². The van der Waals surface area contributed by atoms with Crippen molar-refractivity contribution < 1.29 is 14.6 Å². The highest BCUT2D eigenvalue weighted by Gasteiger charge is 2.16. The van der Waals surface area contributed by atoms with Crippen LogP contribution < -0.4 is 10.1 Å². The van der Waals surface area contributed by atoms with E-state index in [9.17, 15) is 5.11 Å². The molecule has 2 heterocycles. The molecule has 6 heteroatoms. The van der Waals surface area contributed by atoms with Crippen molar-refractivity contribution in [1.29, 1.82) is 0 Å². The van der Waals surface area contributed by atoms with Crippen LogP contribution in [0, 0.1) is 0 Å². The van der Waals surface area contributed by atoms with Crippen molar-refractivity contribution in [2.24, 2.45) is 0 Å². The van der Waals surface area contributed by atoms with Crippen LogP contribution in [-0.4, -0.2) is 39.5 Å². The molecule has 1 unspecified atom stereocenters. The maximum atomic E-state index is 10.3. The minimum atomic E-state index is -0.824. The molecule has 0 saturated heterocycles. The molecular formula is C21H27N3O3. The Morgan fingerprint density at radius 1 is 1.22 bits per heavy atom. The molecule has 0 fully saturated rings. The average Bonchev–Trinajstić information content (AvgIpc) is 3.08. The van der Waals surface area contributed by atoms with Gasteiger partial charge in [-0.2, -0.15) is 0 Å². The van der Waals surface area contributed by atoms with Crippen molar-refractivity contribution in [3.63, 3.8) is 0 Å². The number of hydrogen-bond donors (Lipinski definition) is 2. The third kappa shape index (κ3) is 4.78. The van der Waals surface area contributed by atoms with E-state index < -0.39 is 6.23 Å². The van der Waals surface area contributed by atoms with Crippen LogP contribution in [0.4, 0.5) is 5.69 Å². The number of nitrogens with zero attached hydrogens (tertiary/aromatic N) is 2. The molecule has 0 saturated carbocycles. The highest BCUT2D eigenvalue weighted by atomic mass is 16.5. The highest BCUT2D eigenvalue weighted by molar-refractivity contribution is 5.78. The van der Waals surface area contributed by atoms with E-state index in [0.717, 1.165) is 28.3 Å². The Bertz CT molecular complexity index is 899. The lowest BCUT2D eigenvalue weighted by molar-refractivity contribution is 0.0573. The lowest BCUT2D eigenvalue weighted by Crippen LogP contribution is -2.26. The fourth-order valence-corrected chi connectivity index (χ4v) is 2.90. The van der Waals surface area contributed by atoms with Crippen LogP contribution in [0.3, 0.4) is 0 Å². The van der Waals surface area contributed by atoms with Gasteiger partial charge < -0.3 is 19.9 Å². The van der Waals surface area contributed by atoms with E-state index in [1.807, 2.05) is 74.7 Å². The summed E-state index contributed by atoms with van der Waals surface area (Å²) in [5.41, 5.74) is 3.23. The molecule has 3 aromatic rings. The van der Waals surface area contributed by atoms with E-state index in [1.54, 1.807) is 6.20 Å². The number of benzene rings is 1. The van der Waals surface area contributed by atoms with Crippen LogP contribution in [0.2, 0.25) is 0 Å². The molecule has 3 rings (SSSR count). The molecule has 2 aromatic heterocycles. The molecule has 27 heavy (non-hydrogen) atoms. The zero-order valence-corrected chi connectivity index (χ0v) is 16.3. The average molecular weight is 369 g/mol. The van der Waals surface area contributed by atoms with Gasteiger partial charge in [-0.05, 0) is 52.0 Å². The Labute approximate surface area is 159 Å². The largest absolute Gasteiger partial charge is 0.488 e. The SMILES string of the molecule is CCOCC(O)Nc1cc(OC(C)(C)C)ccc1-c1cccc2nccn12. The van der Waals surface area contributed by atoms with Crippen LogP contribution >= 0.6 is 0 Å². The number of pyridine rings is 1. The van der Waals surface area contributed by atoms with E-state index in [1.165, 1.54) is 0 Å². The summed E-state index contributed by atoms with van der Waals surface area (Å²) in [6.45, 7) is 8.66. The summed E-state index contributed by atoms with van der Waals surface area (Å²) < 4.78 is 13.3. The number of aromatic nitrogens is 2. The minimum Gasteiger partial charge on any atom is -0.488 e. The van der Waals surface area contributed by atoms with E-state index >= 15 is 0 Å². The number of nitrogens with one attached hydrogen (secondary N) is 1. The molecule has 0 spiro atoms. The van der Waals surface area contributed by atoms with Crippen molar-refractivity contribution in [2.75, 3.05) is 18.5 Å². The van der Waals surface area contributed by atoms with E-state index in [0.29, 0.717) is 6.61 Å². The van der Waals surface area contributed by atoms with Crippen LogP contribution in [0.1, 0.15) is 27.7 Å². The third-order valence-corrected chi connectivity index (χ3v) is 3.92. The van der Waals surface area contributed by atoms with Crippen LogP contribution in [0.15, 0.2) is 48.8 Å². The van der Waals surface area contributed by atoms with Gasteiger partial charge in [-0.1, -0.05) is 6.07 Å². The molecular weight excluding hydrogens is 342 g/mol. The van der Waals surface area contributed by atoms with E-state index in [-0.39, 0.29) is 12.2 Å². The minimum absolute atomic E-state index is 0.204. The molecule has 1 atom stereocenters. The maximum absolute atomic E-state index is 10.3. The number of fused-ring (bicyclic) bond motifs is 1. The fraction of sp³-hybridized carbons (Fsp3) is 0.381. The van der Waals surface area contributed by atoms with Gasteiger partial charge in [-0.3, -0.25) is 4.40 Å². The summed E-state index contributed by atoms with van der Waals surface area (Å²) in [5.74, 6) is 0.732. The van der Waals surface area contributed by atoms with Crippen molar-refractivity contribution in [1.82, 2.24) is 9.38 Å². The summed E-state index contributed by atoms with van der Waals surface area (Å²) in [6.07, 6.45) is 2.87. The second kappa shape index (κ2) is 7.98. The number of aliphatic hydroxyl groups excluding tert-OH is 1. The summed E-state index contributed by atoms with van der Waals surface area (Å²) >= 11 is 0.